The highest BCUT2D eigenvalue weighted by molar-refractivity contribution is 5.56. The van der Waals surface area contributed by atoms with E-state index in [9.17, 15) is 0 Å². The first-order valence-corrected chi connectivity index (χ1v) is 6.34. The second kappa shape index (κ2) is 6.27. The van der Waals surface area contributed by atoms with Crippen LogP contribution in [-0.4, -0.2) is 19.6 Å². The number of piperidine rings is 1. The van der Waals surface area contributed by atoms with Gasteiger partial charge >= 0.3 is 0 Å². The predicted octanol–water partition coefficient (Wildman–Crippen LogP) is 2.36. The molecule has 3 nitrogen and oxygen atoms in total. The van der Waals surface area contributed by atoms with Crippen LogP contribution in [0.4, 0.5) is 5.69 Å². The molecule has 0 radical (unpaired) electrons. The topological polar surface area (TPSA) is 47.9 Å². The Balaban J connectivity index is 1.79. The van der Waals surface area contributed by atoms with Crippen LogP contribution in [-0.2, 0) is 0 Å². The van der Waals surface area contributed by atoms with Crippen molar-refractivity contribution < 1.29 is 0 Å². The van der Waals surface area contributed by atoms with Gasteiger partial charge < -0.3 is 10.6 Å². The van der Waals surface area contributed by atoms with Crippen molar-refractivity contribution in [1.29, 1.82) is 5.26 Å². The van der Waals surface area contributed by atoms with Gasteiger partial charge in [-0.2, -0.15) is 5.26 Å². The molecule has 0 amide bonds. The lowest BCUT2D eigenvalue weighted by atomic mass is 9.96. The summed E-state index contributed by atoms with van der Waals surface area (Å²) in [6.45, 7) is 3.26. The number of benzene rings is 1. The van der Waals surface area contributed by atoms with Crippen molar-refractivity contribution in [3.63, 3.8) is 0 Å². The maximum atomic E-state index is 8.97. The van der Waals surface area contributed by atoms with Crippen molar-refractivity contribution >= 4 is 5.69 Å². The van der Waals surface area contributed by atoms with Gasteiger partial charge in [-0.15, -0.1) is 0 Å². The fraction of sp³-hybridized carbons (Fsp3) is 0.500. The third-order valence-corrected chi connectivity index (χ3v) is 3.31. The lowest BCUT2D eigenvalue weighted by Crippen LogP contribution is -2.30. The van der Waals surface area contributed by atoms with Crippen LogP contribution < -0.4 is 10.6 Å². The Morgan fingerprint density at radius 1 is 1.41 bits per heavy atom. The number of rotatable bonds is 4. The molecule has 1 heterocycles. The van der Waals surface area contributed by atoms with E-state index in [1.807, 2.05) is 24.3 Å². The Bertz CT molecular complexity index is 389. The molecule has 2 rings (SSSR count). The zero-order chi connectivity index (χ0) is 11.9. The Hall–Kier alpha value is -1.53. The first-order valence-electron chi connectivity index (χ1n) is 6.34. The van der Waals surface area contributed by atoms with E-state index in [2.05, 4.69) is 16.7 Å². The molecule has 1 aliphatic rings. The molecule has 0 aromatic heterocycles. The van der Waals surface area contributed by atoms with Crippen molar-refractivity contribution in [1.82, 2.24) is 5.32 Å². The number of hydrogen-bond donors (Lipinski definition) is 2. The summed E-state index contributed by atoms with van der Waals surface area (Å²) in [7, 11) is 0. The lowest BCUT2D eigenvalue weighted by molar-refractivity contribution is 0.364. The zero-order valence-electron chi connectivity index (χ0n) is 10.1. The van der Waals surface area contributed by atoms with Crippen LogP contribution in [0.25, 0.3) is 0 Å². The van der Waals surface area contributed by atoms with Gasteiger partial charge in [-0.05, 0) is 50.4 Å². The van der Waals surface area contributed by atoms with Gasteiger partial charge in [0.25, 0.3) is 0 Å². The third-order valence-electron chi connectivity index (χ3n) is 3.31. The quantitative estimate of drug-likeness (QED) is 0.833. The fourth-order valence-corrected chi connectivity index (χ4v) is 2.32. The van der Waals surface area contributed by atoms with Crippen LogP contribution in [0.2, 0.25) is 0 Å². The Kier molecular flexibility index (Phi) is 4.40. The van der Waals surface area contributed by atoms with Gasteiger partial charge in [-0.1, -0.05) is 12.1 Å². The molecule has 17 heavy (non-hydrogen) atoms. The minimum atomic E-state index is 0.731. The summed E-state index contributed by atoms with van der Waals surface area (Å²) < 4.78 is 0. The highest BCUT2D eigenvalue weighted by Crippen LogP contribution is 2.16. The van der Waals surface area contributed by atoms with Crippen LogP contribution >= 0.6 is 0 Å². The average Bonchev–Trinajstić information content (AvgIpc) is 2.40. The smallest absolute Gasteiger partial charge is 0.101 e. The SMILES string of the molecule is N#Cc1ccccc1NCCC1CCCNC1. The summed E-state index contributed by atoms with van der Waals surface area (Å²) in [5.41, 5.74) is 1.69. The van der Waals surface area contributed by atoms with Gasteiger partial charge in [-0.3, -0.25) is 0 Å². The lowest BCUT2D eigenvalue weighted by Gasteiger charge is -2.22. The van der Waals surface area contributed by atoms with Crippen LogP contribution in [0.15, 0.2) is 24.3 Å². The highest BCUT2D eigenvalue weighted by atomic mass is 14.9. The van der Waals surface area contributed by atoms with Crippen LogP contribution in [0.5, 0.6) is 0 Å². The number of nitrogens with one attached hydrogen (secondary N) is 2. The first kappa shape index (κ1) is 11.9. The summed E-state index contributed by atoms with van der Waals surface area (Å²) in [6.07, 6.45) is 3.79. The fourth-order valence-electron chi connectivity index (χ4n) is 2.32. The maximum Gasteiger partial charge on any atom is 0.101 e. The molecule has 1 aromatic carbocycles. The van der Waals surface area contributed by atoms with Gasteiger partial charge in [0.1, 0.15) is 6.07 Å². The standard InChI is InChI=1S/C14H19N3/c15-10-13-5-1-2-6-14(13)17-9-7-12-4-3-8-16-11-12/h1-2,5-6,12,16-17H,3-4,7-9,11H2. The van der Waals surface area contributed by atoms with E-state index in [1.54, 1.807) is 0 Å². The van der Waals surface area contributed by atoms with Gasteiger partial charge in [-0.25, -0.2) is 0 Å². The second-order valence-electron chi connectivity index (χ2n) is 4.59. The van der Waals surface area contributed by atoms with Gasteiger partial charge in [0, 0.05) is 6.54 Å². The zero-order valence-corrected chi connectivity index (χ0v) is 10.1. The van der Waals surface area contributed by atoms with Crippen LogP contribution in [0.1, 0.15) is 24.8 Å². The Labute approximate surface area is 103 Å². The van der Waals surface area contributed by atoms with E-state index < -0.39 is 0 Å². The Morgan fingerprint density at radius 3 is 3.06 bits per heavy atom. The molecule has 1 atom stereocenters. The second-order valence-corrected chi connectivity index (χ2v) is 4.59. The number of para-hydroxylation sites is 1. The molecular weight excluding hydrogens is 210 g/mol. The molecular formula is C14H19N3. The van der Waals surface area contributed by atoms with Crippen molar-refractivity contribution in [3.05, 3.63) is 29.8 Å². The normalized spacial score (nSPS) is 19.6. The molecule has 0 aliphatic carbocycles. The number of anilines is 1. The average molecular weight is 229 g/mol. The molecule has 1 unspecified atom stereocenters. The van der Waals surface area contributed by atoms with Gasteiger partial charge in [0.05, 0.1) is 11.3 Å². The van der Waals surface area contributed by atoms with Gasteiger partial charge in [0.2, 0.25) is 0 Å². The summed E-state index contributed by atoms with van der Waals surface area (Å²) in [6, 6.07) is 9.89. The summed E-state index contributed by atoms with van der Waals surface area (Å²) in [5.74, 6) is 0.783. The Morgan fingerprint density at radius 2 is 2.29 bits per heavy atom. The maximum absolute atomic E-state index is 8.97. The minimum absolute atomic E-state index is 0.731. The van der Waals surface area contributed by atoms with E-state index in [0.29, 0.717) is 0 Å². The van der Waals surface area contributed by atoms with Crippen molar-refractivity contribution in [2.24, 2.45) is 5.92 Å². The van der Waals surface area contributed by atoms with Crippen LogP contribution in [0, 0.1) is 17.2 Å². The molecule has 0 saturated carbocycles. The van der Waals surface area contributed by atoms with E-state index in [1.165, 1.54) is 25.8 Å². The van der Waals surface area contributed by atoms with Crippen molar-refractivity contribution in [2.75, 3.05) is 25.0 Å². The minimum Gasteiger partial charge on any atom is -0.384 e. The van der Waals surface area contributed by atoms with E-state index in [0.717, 1.165) is 30.3 Å². The molecule has 90 valence electrons. The molecule has 1 aromatic rings. The molecule has 0 bridgehead atoms. The van der Waals surface area contributed by atoms with E-state index >= 15 is 0 Å². The number of nitrogens with zero attached hydrogens (tertiary/aromatic N) is 1. The molecule has 1 saturated heterocycles. The first-order chi connectivity index (χ1) is 8.40. The van der Waals surface area contributed by atoms with Crippen molar-refractivity contribution in [2.45, 2.75) is 19.3 Å². The summed E-state index contributed by atoms with van der Waals surface area (Å²) >= 11 is 0. The molecule has 1 fully saturated rings. The molecule has 3 heteroatoms. The third kappa shape index (κ3) is 3.47. The largest absolute Gasteiger partial charge is 0.384 e. The highest BCUT2D eigenvalue weighted by Gasteiger charge is 2.12. The molecule has 2 N–H and O–H groups in total. The molecule has 0 spiro atoms. The predicted molar refractivity (Wildman–Crippen MR) is 69.9 cm³/mol. The summed E-state index contributed by atoms with van der Waals surface area (Å²) in [5, 5.41) is 15.8. The van der Waals surface area contributed by atoms with E-state index in [-0.39, 0.29) is 0 Å². The molecule has 1 aliphatic heterocycles. The van der Waals surface area contributed by atoms with Crippen LogP contribution in [0.3, 0.4) is 0 Å². The monoisotopic (exact) mass is 229 g/mol. The van der Waals surface area contributed by atoms with Gasteiger partial charge in [0.15, 0.2) is 0 Å². The van der Waals surface area contributed by atoms with E-state index in [4.69, 9.17) is 5.26 Å². The van der Waals surface area contributed by atoms with Crippen molar-refractivity contribution in [3.8, 4) is 6.07 Å². The number of nitriles is 1. The summed E-state index contributed by atoms with van der Waals surface area (Å²) in [4.78, 5) is 0. The number of hydrogen-bond acceptors (Lipinski definition) is 3.